The van der Waals surface area contributed by atoms with E-state index in [-0.39, 0.29) is 5.91 Å². The van der Waals surface area contributed by atoms with Crippen molar-refractivity contribution >= 4 is 41.7 Å². The summed E-state index contributed by atoms with van der Waals surface area (Å²) < 4.78 is 13.8. The quantitative estimate of drug-likeness (QED) is 0.386. The molecule has 3 heterocycles. The van der Waals surface area contributed by atoms with Crippen LogP contribution < -0.4 is 9.64 Å². The lowest BCUT2D eigenvalue weighted by molar-refractivity contribution is 0.0813. The van der Waals surface area contributed by atoms with Gasteiger partial charge in [0.25, 0.3) is 5.91 Å². The molecular formula is C22H30BrN5O3Si. The smallest absolute Gasteiger partial charge is 0.283 e. The molecule has 0 bridgehead atoms. The first-order valence-corrected chi connectivity index (χ1v) is 15.4. The number of carbonyl (C=O) groups excluding carboxylic acids is 1. The van der Waals surface area contributed by atoms with Gasteiger partial charge < -0.3 is 9.47 Å². The normalized spacial score (nSPS) is 16.0. The highest BCUT2D eigenvalue weighted by atomic mass is 79.9. The van der Waals surface area contributed by atoms with Crippen molar-refractivity contribution in [1.82, 2.24) is 14.5 Å². The van der Waals surface area contributed by atoms with Crippen LogP contribution in [0.5, 0.6) is 5.75 Å². The average molecular weight is 521 g/mol. The summed E-state index contributed by atoms with van der Waals surface area (Å²) in [5, 5.41) is 0. The Morgan fingerprint density at radius 2 is 1.94 bits per heavy atom. The van der Waals surface area contributed by atoms with Crippen molar-refractivity contribution in [3.8, 4) is 5.75 Å². The summed E-state index contributed by atoms with van der Waals surface area (Å²) in [7, 11) is 0.468. The Morgan fingerprint density at radius 1 is 1.19 bits per heavy atom. The first kappa shape index (κ1) is 23.0. The highest BCUT2D eigenvalue weighted by Gasteiger charge is 2.40. The number of rotatable bonds is 8. The van der Waals surface area contributed by atoms with Crippen LogP contribution in [0.2, 0.25) is 25.7 Å². The number of halogens is 1. The molecule has 0 atom stereocenters. The number of imidazole rings is 1. The summed E-state index contributed by atoms with van der Waals surface area (Å²) in [6.45, 7) is 9.96. The number of aliphatic imine (C=N–C) groups is 1. The second-order valence-electron chi connectivity index (χ2n) is 9.26. The maximum atomic E-state index is 13.5. The number of hydrogen-bond acceptors (Lipinski definition) is 6. The van der Waals surface area contributed by atoms with E-state index in [1.807, 2.05) is 28.8 Å². The van der Waals surface area contributed by atoms with Crippen LogP contribution in [0.1, 0.15) is 22.5 Å². The van der Waals surface area contributed by atoms with Crippen LogP contribution in [0.3, 0.4) is 0 Å². The number of amides is 1. The number of nitrogens with zero attached hydrogens (tertiary/aromatic N) is 5. The zero-order chi connectivity index (χ0) is 22.9. The molecule has 0 N–H and O–H groups in total. The molecule has 4 rings (SSSR count). The fraction of sp³-hybridized carbons (Fsp3) is 0.500. The van der Waals surface area contributed by atoms with Crippen molar-refractivity contribution in [3.05, 3.63) is 40.3 Å². The SMILES string of the molecule is COc1ccc(CN2C(=O)c3nc(Br)n(COCC[Si](C)(C)C)c3N3CCCN=C23)cc1. The maximum absolute atomic E-state index is 13.5. The zero-order valence-corrected chi connectivity index (χ0v) is 21.7. The number of hydrogen-bond donors (Lipinski definition) is 0. The van der Waals surface area contributed by atoms with Crippen molar-refractivity contribution < 1.29 is 14.3 Å². The molecule has 0 unspecified atom stereocenters. The van der Waals surface area contributed by atoms with E-state index in [0.717, 1.165) is 36.1 Å². The lowest BCUT2D eigenvalue weighted by atomic mass is 10.1. The number of fused-ring (bicyclic) bond motifs is 3. The van der Waals surface area contributed by atoms with E-state index < -0.39 is 8.07 Å². The minimum Gasteiger partial charge on any atom is -0.497 e. The Morgan fingerprint density at radius 3 is 2.62 bits per heavy atom. The molecule has 172 valence electrons. The highest BCUT2D eigenvalue weighted by molar-refractivity contribution is 9.10. The molecule has 0 spiro atoms. The molecule has 2 aliphatic heterocycles. The van der Waals surface area contributed by atoms with Crippen LogP contribution in [0.25, 0.3) is 0 Å². The van der Waals surface area contributed by atoms with Crippen LogP contribution in [0.15, 0.2) is 34.0 Å². The monoisotopic (exact) mass is 519 g/mol. The second-order valence-corrected chi connectivity index (χ2v) is 15.6. The largest absolute Gasteiger partial charge is 0.497 e. The van der Waals surface area contributed by atoms with Crippen molar-refractivity contribution in [2.75, 3.05) is 31.7 Å². The summed E-state index contributed by atoms with van der Waals surface area (Å²) in [5.41, 5.74) is 1.43. The minimum atomic E-state index is -1.17. The van der Waals surface area contributed by atoms with E-state index in [4.69, 9.17) is 14.5 Å². The molecule has 0 fully saturated rings. The molecule has 32 heavy (non-hydrogen) atoms. The fourth-order valence-electron chi connectivity index (χ4n) is 3.78. The van der Waals surface area contributed by atoms with E-state index in [1.165, 1.54) is 0 Å². The lowest BCUT2D eigenvalue weighted by Gasteiger charge is -2.39. The summed E-state index contributed by atoms with van der Waals surface area (Å²) >= 11 is 3.55. The van der Waals surface area contributed by atoms with E-state index in [9.17, 15) is 4.79 Å². The van der Waals surface area contributed by atoms with Gasteiger partial charge in [-0.15, -0.1) is 0 Å². The van der Waals surface area contributed by atoms with Crippen LogP contribution in [-0.2, 0) is 18.0 Å². The number of benzene rings is 1. The third-order valence-electron chi connectivity index (χ3n) is 5.59. The summed E-state index contributed by atoms with van der Waals surface area (Å²) in [4.78, 5) is 26.6. The third kappa shape index (κ3) is 4.77. The fourth-order valence-corrected chi connectivity index (χ4v) is 4.99. The van der Waals surface area contributed by atoms with Crippen molar-refractivity contribution in [2.45, 2.75) is 45.4 Å². The standard InChI is InChI=1S/C22H30BrN5O3Si/c1-30-17-8-6-16(7-9-17)14-27-20(29)18-19(26-11-5-10-24-22(26)27)28(21(23)25-18)15-31-12-13-32(2,3)4/h6-9H,5,10-15H2,1-4H3. The van der Waals surface area contributed by atoms with Crippen LogP contribution in [-0.4, -0.2) is 61.2 Å². The average Bonchev–Trinajstić information content (AvgIpc) is 3.10. The van der Waals surface area contributed by atoms with Crippen molar-refractivity contribution in [3.63, 3.8) is 0 Å². The van der Waals surface area contributed by atoms with Crippen LogP contribution in [0, 0.1) is 0 Å². The van der Waals surface area contributed by atoms with Gasteiger partial charge in [0.2, 0.25) is 5.96 Å². The topological polar surface area (TPSA) is 72.2 Å². The number of guanidine groups is 1. The van der Waals surface area contributed by atoms with Crippen LogP contribution in [0.4, 0.5) is 5.82 Å². The Labute approximate surface area is 198 Å². The van der Waals surface area contributed by atoms with Crippen LogP contribution >= 0.6 is 15.9 Å². The molecule has 2 aliphatic rings. The number of ether oxygens (including phenoxy) is 2. The number of carbonyl (C=O) groups is 1. The molecule has 8 nitrogen and oxygen atoms in total. The number of aromatic nitrogens is 2. The van der Waals surface area contributed by atoms with E-state index in [1.54, 1.807) is 12.0 Å². The third-order valence-corrected chi connectivity index (χ3v) is 7.90. The van der Waals surface area contributed by atoms with Gasteiger partial charge in [-0.05, 0) is 46.1 Å². The van der Waals surface area contributed by atoms with E-state index in [0.29, 0.717) is 42.8 Å². The Balaban J connectivity index is 1.60. The highest BCUT2D eigenvalue weighted by Crippen LogP contribution is 2.34. The van der Waals surface area contributed by atoms with Gasteiger partial charge in [0, 0.05) is 27.8 Å². The predicted molar refractivity (Wildman–Crippen MR) is 131 cm³/mol. The molecule has 0 saturated carbocycles. The van der Waals surface area contributed by atoms with E-state index >= 15 is 0 Å². The van der Waals surface area contributed by atoms with E-state index in [2.05, 4.69) is 45.5 Å². The lowest BCUT2D eigenvalue weighted by Crippen LogP contribution is -2.54. The minimum absolute atomic E-state index is 0.144. The van der Waals surface area contributed by atoms with Gasteiger partial charge in [-0.3, -0.25) is 24.2 Å². The second kappa shape index (κ2) is 9.36. The molecule has 0 saturated heterocycles. The van der Waals surface area contributed by atoms with Gasteiger partial charge in [-0.25, -0.2) is 4.98 Å². The first-order chi connectivity index (χ1) is 15.3. The van der Waals surface area contributed by atoms with Gasteiger partial charge in [0.05, 0.1) is 13.7 Å². The Hall–Kier alpha value is -2.17. The number of anilines is 1. The van der Waals surface area contributed by atoms with Gasteiger partial charge >= 0.3 is 0 Å². The van der Waals surface area contributed by atoms with Gasteiger partial charge in [0.1, 0.15) is 12.5 Å². The molecule has 0 radical (unpaired) electrons. The summed E-state index contributed by atoms with van der Waals surface area (Å²) in [6.07, 6.45) is 0.923. The van der Waals surface area contributed by atoms with Gasteiger partial charge in [0.15, 0.2) is 16.2 Å². The first-order valence-electron chi connectivity index (χ1n) is 10.9. The predicted octanol–water partition coefficient (Wildman–Crippen LogP) is 4.19. The molecule has 1 aromatic heterocycles. The van der Waals surface area contributed by atoms with Crippen molar-refractivity contribution in [1.29, 1.82) is 0 Å². The zero-order valence-electron chi connectivity index (χ0n) is 19.1. The summed E-state index contributed by atoms with van der Waals surface area (Å²) in [6, 6.07) is 8.83. The Kier molecular flexibility index (Phi) is 6.73. The molecule has 1 aromatic carbocycles. The molecule has 1 amide bonds. The molecule has 2 aromatic rings. The Bertz CT molecular complexity index is 1020. The van der Waals surface area contributed by atoms with Crippen molar-refractivity contribution in [2.24, 2.45) is 4.99 Å². The molecular weight excluding hydrogens is 490 g/mol. The maximum Gasteiger partial charge on any atom is 0.283 e. The summed E-state index contributed by atoms with van der Waals surface area (Å²) in [5.74, 6) is 2.09. The van der Waals surface area contributed by atoms with Gasteiger partial charge in [-0.1, -0.05) is 31.8 Å². The van der Waals surface area contributed by atoms with Gasteiger partial charge in [-0.2, -0.15) is 0 Å². The number of methoxy groups -OCH3 is 1. The molecule has 0 aliphatic carbocycles. The molecule has 10 heteroatoms.